The van der Waals surface area contributed by atoms with E-state index in [1.54, 1.807) is 14.2 Å². The first-order chi connectivity index (χ1) is 10.6. The molecule has 0 N–H and O–H groups in total. The average Bonchev–Trinajstić information content (AvgIpc) is 2.52. The molecule has 0 spiro atoms. The molecule has 0 bridgehead atoms. The first-order valence-electron chi connectivity index (χ1n) is 7.39. The molecule has 0 radical (unpaired) electrons. The molecule has 0 atom stereocenters. The van der Waals surface area contributed by atoms with Gasteiger partial charge in [0.1, 0.15) is 0 Å². The lowest BCUT2D eigenvalue weighted by molar-refractivity contribution is 0.218. The topological polar surface area (TPSA) is 24.9 Å². The van der Waals surface area contributed by atoms with Crippen LogP contribution < -0.4 is 9.13 Å². The maximum atomic E-state index is 5.89. The van der Waals surface area contributed by atoms with Crippen molar-refractivity contribution in [2.24, 2.45) is 0 Å². The van der Waals surface area contributed by atoms with Crippen LogP contribution in [0.25, 0.3) is 0 Å². The van der Waals surface area contributed by atoms with Crippen molar-refractivity contribution in [2.75, 3.05) is 30.0 Å². The molecule has 0 saturated carbocycles. The van der Waals surface area contributed by atoms with Crippen molar-refractivity contribution in [3.63, 3.8) is 0 Å². The zero-order valence-electron chi connectivity index (χ0n) is 13.5. The van der Waals surface area contributed by atoms with E-state index in [4.69, 9.17) is 8.85 Å². The summed E-state index contributed by atoms with van der Waals surface area (Å²) in [7, 11) is 0.867. The summed E-state index contributed by atoms with van der Waals surface area (Å²) in [6.45, 7) is 4.96. The largest absolute Gasteiger partial charge is 0.591 e. The smallest absolute Gasteiger partial charge is 0.365 e. The lowest BCUT2D eigenvalue weighted by Gasteiger charge is -2.56. The number of anilines is 2. The zero-order valence-corrected chi connectivity index (χ0v) is 14.5. The fourth-order valence-electron chi connectivity index (χ4n) is 2.85. The Hall–Kier alpha value is -1.82. The van der Waals surface area contributed by atoms with Gasteiger partial charge in [-0.05, 0) is 38.1 Å². The lowest BCUT2D eigenvalue weighted by Crippen LogP contribution is -2.82. The Labute approximate surface area is 133 Å². The summed E-state index contributed by atoms with van der Waals surface area (Å²) in [4.78, 5) is 0. The standard InChI is InChI=1S/C17H22N2O2Si/c1-14-5-9-16(10-6-14)18-13-19(22(18,20-3)21-4)17-11-7-15(2)8-12-17/h5-12H,13H2,1-4H3. The van der Waals surface area contributed by atoms with Gasteiger partial charge in [0.05, 0.1) is 6.67 Å². The number of hydrogen-bond acceptors (Lipinski definition) is 4. The third kappa shape index (κ3) is 2.31. The molecule has 116 valence electrons. The minimum Gasteiger partial charge on any atom is -0.365 e. The van der Waals surface area contributed by atoms with Crippen molar-refractivity contribution < 1.29 is 8.85 Å². The second-order valence-corrected chi connectivity index (χ2v) is 8.62. The summed E-state index contributed by atoms with van der Waals surface area (Å²) in [5, 5.41) is 0. The normalized spacial score (nSPS) is 16.5. The van der Waals surface area contributed by atoms with Gasteiger partial charge in [0, 0.05) is 25.6 Å². The first-order valence-corrected chi connectivity index (χ1v) is 9.11. The quantitative estimate of drug-likeness (QED) is 0.808. The van der Waals surface area contributed by atoms with E-state index in [2.05, 4.69) is 71.5 Å². The number of rotatable bonds is 4. The second kappa shape index (κ2) is 5.76. The third-order valence-electron chi connectivity index (χ3n) is 4.19. The molecule has 4 nitrogen and oxygen atoms in total. The van der Waals surface area contributed by atoms with Crippen LogP contribution in [-0.4, -0.2) is 29.8 Å². The van der Waals surface area contributed by atoms with Crippen LogP contribution in [0.5, 0.6) is 0 Å². The van der Waals surface area contributed by atoms with Crippen molar-refractivity contribution in [3.05, 3.63) is 59.7 Å². The van der Waals surface area contributed by atoms with Gasteiger partial charge in [0.2, 0.25) is 0 Å². The number of benzene rings is 2. The minimum atomic E-state index is -2.60. The first kappa shape index (κ1) is 15.1. The van der Waals surface area contributed by atoms with Gasteiger partial charge in [-0.15, -0.1) is 0 Å². The van der Waals surface area contributed by atoms with E-state index in [-0.39, 0.29) is 0 Å². The fourth-order valence-corrected chi connectivity index (χ4v) is 5.56. The molecule has 3 rings (SSSR count). The predicted molar refractivity (Wildman–Crippen MR) is 92.0 cm³/mol. The number of aryl methyl sites for hydroxylation is 2. The van der Waals surface area contributed by atoms with E-state index in [0.717, 1.165) is 18.0 Å². The molecule has 2 aromatic carbocycles. The van der Waals surface area contributed by atoms with Gasteiger partial charge in [-0.1, -0.05) is 35.4 Å². The van der Waals surface area contributed by atoms with Crippen molar-refractivity contribution >= 4 is 20.3 Å². The Kier molecular flexibility index (Phi) is 3.95. The van der Waals surface area contributed by atoms with E-state index in [9.17, 15) is 0 Å². The van der Waals surface area contributed by atoms with Crippen molar-refractivity contribution in [1.82, 2.24) is 0 Å². The Balaban J connectivity index is 1.92. The van der Waals surface area contributed by atoms with Crippen LogP contribution in [0.2, 0.25) is 0 Å². The highest BCUT2D eigenvalue weighted by atomic mass is 28.4. The van der Waals surface area contributed by atoms with E-state index >= 15 is 0 Å². The highest BCUT2D eigenvalue weighted by Gasteiger charge is 2.61. The molecule has 1 fully saturated rings. The van der Waals surface area contributed by atoms with E-state index in [1.807, 2.05) is 0 Å². The molecule has 0 unspecified atom stereocenters. The molecule has 1 saturated heterocycles. The molecular weight excluding hydrogens is 292 g/mol. The van der Waals surface area contributed by atoms with Gasteiger partial charge >= 0.3 is 8.88 Å². The Morgan fingerprint density at radius 2 is 1.09 bits per heavy atom. The third-order valence-corrected chi connectivity index (χ3v) is 7.42. The van der Waals surface area contributed by atoms with Gasteiger partial charge in [0.15, 0.2) is 0 Å². The highest BCUT2D eigenvalue weighted by Crippen LogP contribution is 2.37. The van der Waals surface area contributed by atoms with Gasteiger partial charge in [0.25, 0.3) is 0 Å². The molecule has 1 aliphatic rings. The Morgan fingerprint density at radius 1 is 0.727 bits per heavy atom. The van der Waals surface area contributed by atoms with Crippen LogP contribution in [0.15, 0.2) is 48.5 Å². The lowest BCUT2D eigenvalue weighted by atomic mass is 10.2. The summed E-state index contributed by atoms with van der Waals surface area (Å²) in [5.74, 6) is 0. The van der Waals surface area contributed by atoms with Crippen molar-refractivity contribution in [1.29, 1.82) is 0 Å². The predicted octanol–water partition coefficient (Wildman–Crippen LogP) is 3.32. The summed E-state index contributed by atoms with van der Waals surface area (Å²) in [5.41, 5.74) is 4.79. The van der Waals surface area contributed by atoms with E-state index < -0.39 is 8.88 Å². The molecule has 22 heavy (non-hydrogen) atoms. The van der Waals surface area contributed by atoms with Gasteiger partial charge in [-0.25, -0.2) is 0 Å². The fraction of sp³-hybridized carbons (Fsp3) is 0.294. The summed E-state index contributed by atoms with van der Waals surface area (Å²) >= 11 is 0. The molecular formula is C17H22N2O2Si. The van der Waals surface area contributed by atoms with Gasteiger partial charge in [-0.2, -0.15) is 0 Å². The average molecular weight is 314 g/mol. The molecule has 1 aliphatic heterocycles. The van der Waals surface area contributed by atoms with Crippen LogP contribution in [0.4, 0.5) is 11.4 Å². The monoisotopic (exact) mass is 314 g/mol. The van der Waals surface area contributed by atoms with Crippen LogP contribution in [0.3, 0.4) is 0 Å². The van der Waals surface area contributed by atoms with Crippen LogP contribution in [0, 0.1) is 13.8 Å². The SMILES string of the molecule is CO[Si]1(OC)N(c2ccc(C)cc2)CN1c1ccc(C)cc1. The molecule has 0 amide bonds. The van der Waals surface area contributed by atoms with Crippen molar-refractivity contribution in [2.45, 2.75) is 13.8 Å². The number of nitrogens with zero attached hydrogens (tertiary/aromatic N) is 2. The van der Waals surface area contributed by atoms with E-state index in [0.29, 0.717) is 0 Å². The number of hydrogen-bond donors (Lipinski definition) is 0. The summed E-state index contributed by atoms with van der Waals surface area (Å²) in [6.07, 6.45) is 0. The molecule has 1 heterocycles. The minimum absolute atomic E-state index is 0.778. The molecule has 0 aromatic heterocycles. The zero-order chi connectivity index (χ0) is 15.7. The maximum Gasteiger partial charge on any atom is 0.591 e. The van der Waals surface area contributed by atoms with Gasteiger partial charge < -0.3 is 18.0 Å². The molecule has 2 aromatic rings. The Morgan fingerprint density at radius 3 is 1.41 bits per heavy atom. The summed E-state index contributed by atoms with van der Waals surface area (Å²) in [6, 6.07) is 17.0. The van der Waals surface area contributed by atoms with Crippen LogP contribution >= 0.6 is 0 Å². The van der Waals surface area contributed by atoms with Crippen LogP contribution in [0.1, 0.15) is 11.1 Å². The Bertz CT molecular complexity index is 585. The maximum absolute atomic E-state index is 5.89. The van der Waals surface area contributed by atoms with Crippen molar-refractivity contribution in [3.8, 4) is 0 Å². The highest BCUT2D eigenvalue weighted by molar-refractivity contribution is 6.78. The second-order valence-electron chi connectivity index (χ2n) is 5.63. The molecule has 5 heteroatoms. The summed E-state index contributed by atoms with van der Waals surface area (Å²) < 4.78 is 16.3. The van der Waals surface area contributed by atoms with Crippen LogP contribution in [-0.2, 0) is 8.85 Å². The molecule has 0 aliphatic carbocycles. The van der Waals surface area contributed by atoms with Gasteiger partial charge in [-0.3, -0.25) is 0 Å². The van der Waals surface area contributed by atoms with E-state index in [1.165, 1.54) is 11.1 Å².